The van der Waals surface area contributed by atoms with Crippen LogP contribution in [-0.2, 0) is 15.8 Å². The molecule has 4 nitrogen and oxygen atoms in total. The van der Waals surface area contributed by atoms with E-state index in [0.717, 1.165) is 12.8 Å². The highest BCUT2D eigenvalue weighted by atomic mass is 35.5. The molecule has 1 N–H and O–H groups in total. The summed E-state index contributed by atoms with van der Waals surface area (Å²) in [5, 5.41) is 10.5. The molecule has 1 aliphatic rings. The fourth-order valence-electron chi connectivity index (χ4n) is 1.97. The Balaban J connectivity index is 2.09. The van der Waals surface area contributed by atoms with Crippen molar-refractivity contribution in [3.05, 3.63) is 33.8 Å². The third kappa shape index (κ3) is 3.86. The first kappa shape index (κ1) is 16.0. The third-order valence-corrected chi connectivity index (χ3v) is 5.93. The minimum atomic E-state index is -3.55. The van der Waals surface area contributed by atoms with Crippen molar-refractivity contribution in [2.45, 2.75) is 24.7 Å². The Labute approximate surface area is 129 Å². The van der Waals surface area contributed by atoms with Crippen molar-refractivity contribution in [1.82, 2.24) is 4.31 Å². The van der Waals surface area contributed by atoms with E-state index in [-0.39, 0.29) is 18.2 Å². The summed E-state index contributed by atoms with van der Waals surface area (Å²) in [6.45, 7) is 0.106. The SMILES string of the molecule is CN(CC(O)C1CC1)S(=O)(=O)Cc1c(Cl)cccc1Cl. The Hall–Kier alpha value is -0.330. The molecule has 1 saturated carbocycles. The van der Waals surface area contributed by atoms with Crippen molar-refractivity contribution in [2.75, 3.05) is 13.6 Å². The fourth-order valence-corrected chi connectivity index (χ4v) is 3.94. The van der Waals surface area contributed by atoms with E-state index < -0.39 is 16.1 Å². The van der Waals surface area contributed by atoms with E-state index in [4.69, 9.17) is 23.2 Å². The maximum atomic E-state index is 12.3. The van der Waals surface area contributed by atoms with Gasteiger partial charge in [0, 0.05) is 29.2 Å². The molecular formula is C13H17Cl2NO3S. The zero-order valence-electron chi connectivity index (χ0n) is 11.1. The van der Waals surface area contributed by atoms with E-state index in [0.29, 0.717) is 15.6 Å². The molecule has 2 rings (SSSR count). The minimum absolute atomic E-state index is 0.106. The summed E-state index contributed by atoms with van der Waals surface area (Å²) in [5.41, 5.74) is 0.392. The van der Waals surface area contributed by atoms with Crippen LogP contribution in [0.2, 0.25) is 10.0 Å². The molecule has 1 aliphatic carbocycles. The Morgan fingerprint density at radius 2 is 1.90 bits per heavy atom. The van der Waals surface area contributed by atoms with Gasteiger partial charge in [0.25, 0.3) is 0 Å². The van der Waals surface area contributed by atoms with Gasteiger partial charge in [0.05, 0.1) is 11.9 Å². The zero-order valence-corrected chi connectivity index (χ0v) is 13.4. The fraction of sp³-hybridized carbons (Fsp3) is 0.538. The molecule has 0 saturated heterocycles. The van der Waals surface area contributed by atoms with Gasteiger partial charge in [-0.1, -0.05) is 29.3 Å². The molecule has 112 valence electrons. The van der Waals surface area contributed by atoms with E-state index in [1.54, 1.807) is 18.2 Å². The highest BCUT2D eigenvalue weighted by Gasteiger charge is 2.33. The van der Waals surface area contributed by atoms with Crippen LogP contribution >= 0.6 is 23.2 Å². The average molecular weight is 338 g/mol. The second-order valence-electron chi connectivity index (χ2n) is 5.14. The number of sulfonamides is 1. The molecule has 0 aliphatic heterocycles. The lowest BCUT2D eigenvalue weighted by Gasteiger charge is -2.21. The predicted octanol–water partition coefficient (Wildman–Crippen LogP) is 2.53. The standard InChI is InChI=1S/C13H17Cl2NO3S/c1-16(7-13(17)9-5-6-9)20(18,19)8-10-11(14)3-2-4-12(10)15/h2-4,9,13,17H,5-8H2,1H3. The van der Waals surface area contributed by atoms with Crippen molar-refractivity contribution in [3.63, 3.8) is 0 Å². The molecule has 0 heterocycles. The van der Waals surface area contributed by atoms with Gasteiger partial charge in [0.2, 0.25) is 10.0 Å². The quantitative estimate of drug-likeness (QED) is 0.867. The molecule has 1 atom stereocenters. The molecule has 1 unspecified atom stereocenters. The highest BCUT2D eigenvalue weighted by Crippen LogP contribution is 2.33. The molecule has 0 radical (unpaired) electrons. The summed E-state index contributed by atoms with van der Waals surface area (Å²) in [7, 11) is -2.09. The van der Waals surface area contributed by atoms with E-state index in [1.807, 2.05) is 0 Å². The number of likely N-dealkylation sites (N-methyl/N-ethyl adjacent to an activating group) is 1. The maximum Gasteiger partial charge on any atom is 0.218 e. The van der Waals surface area contributed by atoms with Crippen molar-refractivity contribution in [1.29, 1.82) is 0 Å². The largest absolute Gasteiger partial charge is 0.391 e. The van der Waals surface area contributed by atoms with Gasteiger partial charge in [-0.25, -0.2) is 12.7 Å². The van der Waals surface area contributed by atoms with Crippen LogP contribution in [-0.4, -0.2) is 37.5 Å². The van der Waals surface area contributed by atoms with Crippen LogP contribution in [0.5, 0.6) is 0 Å². The van der Waals surface area contributed by atoms with E-state index in [2.05, 4.69) is 0 Å². The summed E-state index contributed by atoms with van der Waals surface area (Å²) in [5.74, 6) is -0.0316. The second-order valence-corrected chi connectivity index (χ2v) is 8.03. The monoisotopic (exact) mass is 337 g/mol. The average Bonchev–Trinajstić information content (AvgIpc) is 3.18. The van der Waals surface area contributed by atoms with Gasteiger partial charge in [-0.15, -0.1) is 0 Å². The van der Waals surface area contributed by atoms with E-state index in [1.165, 1.54) is 11.4 Å². The number of nitrogens with zero attached hydrogens (tertiary/aromatic N) is 1. The number of halogens is 2. The van der Waals surface area contributed by atoms with Crippen molar-refractivity contribution >= 4 is 33.2 Å². The normalized spacial score (nSPS) is 17.4. The van der Waals surface area contributed by atoms with Gasteiger partial charge in [-0.2, -0.15) is 0 Å². The van der Waals surface area contributed by atoms with Crippen molar-refractivity contribution < 1.29 is 13.5 Å². The van der Waals surface area contributed by atoms with Crippen LogP contribution in [0, 0.1) is 5.92 Å². The van der Waals surface area contributed by atoms with Crippen LogP contribution in [0.1, 0.15) is 18.4 Å². The van der Waals surface area contributed by atoms with Gasteiger partial charge in [-0.05, 0) is 30.9 Å². The Morgan fingerprint density at radius 3 is 2.40 bits per heavy atom. The molecule has 1 aromatic rings. The number of hydrogen-bond donors (Lipinski definition) is 1. The van der Waals surface area contributed by atoms with E-state index >= 15 is 0 Å². The number of aliphatic hydroxyl groups excluding tert-OH is 1. The number of benzene rings is 1. The Morgan fingerprint density at radius 1 is 1.35 bits per heavy atom. The molecule has 1 fully saturated rings. The van der Waals surface area contributed by atoms with Gasteiger partial charge < -0.3 is 5.11 Å². The Kier molecular flexibility index (Phi) is 4.97. The first-order chi connectivity index (χ1) is 9.31. The molecule has 7 heteroatoms. The third-order valence-electron chi connectivity index (χ3n) is 3.47. The second kappa shape index (κ2) is 6.20. The van der Waals surface area contributed by atoms with E-state index in [9.17, 15) is 13.5 Å². The Bertz CT molecular complexity index is 567. The zero-order chi connectivity index (χ0) is 14.9. The number of aliphatic hydroxyl groups is 1. The number of hydrogen-bond acceptors (Lipinski definition) is 3. The molecule has 20 heavy (non-hydrogen) atoms. The lowest BCUT2D eigenvalue weighted by atomic mass is 10.2. The molecule has 0 aromatic heterocycles. The highest BCUT2D eigenvalue weighted by molar-refractivity contribution is 7.88. The lowest BCUT2D eigenvalue weighted by Crippen LogP contribution is -2.36. The van der Waals surface area contributed by atoms with Crippen molar-refractivity contribution in [2.24, 2.45) is 5.92 Å². The minimum Gasteiger partial charge on any atom is -0.391 e. The molecule has 1 aromatic carbocycles. The summed E-state index contributed by atoms with van der Waals surface area (Å²) in [6, 6.07) is 4.88. The van der Waals surface area contributed by atoms with Crippen LogP contribution < -0.4 is 0 Å². The van der Waals surface area contributed by atoms with Crippen LogP contribution in [0.25, 0.3) is 0 Å². The maximum absolute atomic E-state index is 12.3. The van der Waals surface area contributed by atoms with Crippen molar-refractivity contribution in [3.8, 4) is 0 Å². The van der Waals surface area contributed by atoms with Crippen LogP contribution in [0.4, 0.5) is 0 Å². The summed E-state index contributed by atoms with van der Waals surface area (Å²) >= 11 is 12.0. The predicted molar refractivity (Wildman–Crippen MR) is 80.4 cm³/mol. The topological polar surface area (TPSA) is 57.6 Å². The molecule has 0 bridgehead atoms. The first-order valence-electron chi connectivity index (χ1n) is 6.36. The summed E-state index contributed by atoms with van der Waals surface area (Å²) in [4.78, 5) is 0. The van der Waals surface area contributed by atoms with Crippen LogP contribution in [0.15, 0.2) is 18.2 Å². The molecule has 0 spiro atoms. The molecule has 0 amide bonds. The van der Waals surface area contributed by atoms with Gasteiger partial charge >= 0.3 is 0 Å². The summed E-state index contributed by atoms with van der Waals surface area (Å²) in [6.07, 6.45) is 1.33. The smallest absolute Gasteiger partial charge is 0.218 e. The van der Waals surface area contributed by atoms with Gasteiger partial charge in [0.1, 0.15) is 0 Å². The lowest BCUT2D eigenvalue weighted by molar-refractivity contribution is 0.131. The van der Waals surface area contributed by atoms with Gasteiger partial charge in [-0.3, -0.25) is 0 Å². The summed E-state index contributed by atoms with van der Waals surface area (Å²) < 4.78 is 25.7. The first-order valence-corrected chi connectivity index (χ1v) is 8.72. The van der Waals surface area contributed by atoms with Gasteiger partial charge in [0.15, 0.2) is 0 Å². The van der Waals surface area contributed by atoms with Crippen LogP contribution in [0.3, 0.4) is 0 Å². The number of rotatable bonds is 6. The molecular weight excluding hydrogens is 321 g/mol.